The second kappa shape index (κ2) is 6.35. The first-order valence-corrected chi connectivity index (χ1v) is 5.08. The standard InChI is InChI=1S/C10H24N2O/c1-5-12(7-8-13-6-2)9-10(3,4)11/h5-9,11H2,1-4H3. The van der Waals surface area contributed by atoms with Gasteiger partial charge in [-0.25, -0.2) is 0 Å². The lowest BCUT2D eigenvalue weighted by atomic mass is 10.1. The van der Waals surface area contributed by atoms with Crippen LogP contribution >= 0.6 is 0 Å². The number of hydrogen-bond acceptors (Lipinski definition) is 3. The van der Waals surface area contributed by atoms with E-state index in [9.17, 15) is 0 Å². The smallest absolute Gasteiger partial charge is 0.0593 e. The van der Waals surface area contributed by atoms with E-state index in [1.54, 1.807) is 0 Å². The van der Waals surface area contributed by atoms with Gasteiger partial charge in [-0.05, 0) is 27.3 Å². The molecule has 80 valence electrons. The molecule has 0 bridgehead atoms. The fourth-order valence-corrected chi connectivity index (χ4v) is 1.26. The normalized spacial score (nSPS) is 12.5. The Morgan fingerprint density at radius 2 is 1.92 bits per heavy atom. The van der Waals surface area contributed by atoms with Crippen molar-refractivity contribution in [3.05, 3.63) is 0 Å². The molecule has 13 heavy (non-hydrogen) atoms. The molecule has 0 unspecified atom stereocenters. The molecule has 0 aromatic carbocycles. The minimum Gasteiger partial charge on any atom is -0.380 e. The molecule has 3 nitrogen and oxygen atoms in total. The number of rotatable bonds is 7. The van der Waals surface area contributed by atoms with Gasteiger partial charge in [0.15, 0.2) is 0 Å². The third-order valence-corrected chi connectivity index (χ3v) is 1.83. The first-order valence-electron chi connectivity index (χ1n) is 5.08. The monoisotopic (exact) mass is 188 g/mol. The van der Waals surface area contributed by atoms with Crippen LogP contribution in [0.2, 0.25) is 0 Å². The predicted octanol–water partition coefficient (Wildman–Crippen LogP) is 1.08. The van der Waals surface area contributed by atoms with Gasteiger partial charge in [-0.2, -0.15) is 0 Å². The van der Waals surface area contributed by atoms with Crippen LogP contribution in [0.1, 0.15) is 27.7 Å². The van der Waals surface area contributed by atoms with E-state index in [0.29, 0.717) is 0 Å². The van der Waals surface area contributed by atoms with Crippen LogP contribution in [0.5, 0.6) is 0 Å². The third kappa shape index (κ3) is 8.22. The summed E-state index contributed by atoms with van der Waals surface area (Å²) in [6, 6.07) is 0. The van der Waals surface area contributed by atoms with Crippen molar-refractivity contribution in [2.45, 2.75) is 33.2 Å². The summed E-state index contributed by atoms with van der Waals surface area (Å²) in [6.45, 7) is 12.8. The van der Waals surface area contributed by atoms with Crippen molar-refractivity contribution in [3.8, 4) is 0 Å². The zero-order chi connectivity index (χ0) is 10.3. The lowest BCUT2D eigenvalue weighted by molar-refractivity contribution is 0.108. The molecule has 0 amide bonds. The van der Waals surface area contributed by atoms with Gasteiger partial charge in [-0.3, -0.25) is 4.90 Å². The van der Waals surface area contributed by atoms with Crippen LogP contribution in [0.25, 0.3) is 0 Å². The van der Waals surface area contributed by atoms with Crippen molar-refractivity contribution in [2.24, 2.45) is 5.73 Å². The van der Waals surface area contributed by atoms with Gasteiger partial charge >= 0.3 is 0 Å². The maximum absolute atomic E-state index is 5.93. The van der Waals surface area contributed by atoms with Crippen LogP contribution in [-0.4, -0.2) is 43.3 Å². The number of nitrogens with two attached hydrogens (primary N) is 1. The highest BCUT2D eigenvalue weighted by Crippen LogP contribution is 2.00. The molecule has 0 aromatic heterocycles. The van der Waals surface area contributed by atoms with E-state index < -0.39 is 0 Å². The van der Waals surface area contributed by atoms with Crippen molar-refractivity contribution in [3.63, 3.8) is 0 Å². The molecule has 0 saturated carbocycles. The highest BCUT2D eigenvalue weighted by molar-refractivity contribution is 4.76. The Kier molecular flexibility index (Phi) is 6.29. The summed E-state index contributed by atoms with van der Waals surface area (Å²) in [4.78, 5) is 2.32. The van der Waals surface area contributed by atoms with E-state index >= 15 is 0 Å². The Hall–Kier alpha value is -0.120. The molecule has 0 heterocycles. The molecule has 0 fully saturated rings. The van der Waals surface area contributed by atoms with Gasteiger partial charge in [0.1, 0.15) is 0 Å². The SMILES string of the molecule is CCOCCN(CC)CC(C)(C)N. The summed E-state index contributed by atoms with van der Waals surface area (Å²) in [5.41, 5.74) is 5.82. The van der Waals surface area contributed by atoms with Gasteiger partial charge in [-0.15, -0.1) is 0 Å². The molecule has 0 aromatic rings. The molecular formula is C10H24N2O. The van der Waals surface area contributed by atoms with Gasteiger partial charge < -0.3 is 10.5 Å². The molecule has 0 aliphatic heterocycles. The largest absolute Gasteiger partial charge is 0.380 e. The van der Waals surface area contributed by atoms with Gasteiger partial charge in [0, 0.05) is 25.2 Å². The molecule has 0 aliphatic carbocycles. The fourth-order valence-electron chi connectivity index (χ4n) is 1.26. The zero-order valence-electron chi connectivity index (χ0n) is 9.47. The van der Waals surface area contributed by atoms with Crippen molar-refractivity contribution >= 4 is 0 Å². The summed E-state index contributed by atoms with van der Waals surface area (Å²) in [5, 5.41) is 0. The summed E-state index contributed by atoms with van der Waals surface area (Å²) >= 11 is 0. The average molecular weight is 188 g/mol. The van der Waals surface area contributed by atoms with Crippen LogP contribution < -0.4 is 5.73 Å². The summed E-state index contributed by atoms with van der Waals surface area (Å²) in [7, 11) is 0. The maximum atomic E-state index is 5.93. The predicted molar refractivity (Wildman–Crippen MR) is 56.9 cm³/mol. The molecule has 2 N–H and O–H groups in total. The Morgan fingerprint density at radius 3 is 2.31 bits per heavy atom. The molecule has 3 heteroatoms. The van der Waals surface area contributed by atoms with Gasteiger partial charge in [0.25, 0.3) is 0 Å². The van der Waals surface area contributed by atoms with E-state index in [1.807, 2.05) is 6.92 Å². The first kappa shape index (κ1) is 12.9. The molecule has 0 saturated heterocycles. The van der Waals surface area contributed by atoms with E-state index in [2.05, 4.69) is 25.7 Å². The van der Waals surface area contributed by atoms with E-state index in [4.69, 9.17) is 10.5 Å². The molecular weight excluding hydrogens is 164 g/mol. The molecule has 0 aliphatic rings. The minimum atomic E-state index is -0.109. The van der Waals surface area contributed by atoms with Gasteiger partial charge in [-0.1, -0.05) is 6.92 Å². The zero-order valence-corrected chi connectivity index (χ0v) is 9.47. The van der Waals surface area contributed by atoms with Gasteiger partial charge in [0.05, 0.1) is 6.61 Å². The van der Waals surface area contributed by atoms with E-state index in [-0.39, 0.29) is 5.54 Å². The number of likely N-dealkylation sites (N-methyl/N-ethyl adjacent to an activating group) is 1. The van der Waals surface area contributed by atoms with Crippen molar-refractivity contribution in [1.29, 1.82) is 0 Å². The number of ether oxygens (including phenoxy) is 1. The van der Waals surface area contributed by atoms with Crippen molar-refractivity contribution in [2.75, 3.05) is 32.8 Å². The number of nitrogens with zero attached hydrogens (tertiary/aromatic N) is 1. The summed E-state index contributed by atoms with van der Waals surface area (Å²) in [5.74, 6) is 0. The van der Waals surface area contributed by atoms with Crippen LogP contribution in [0.3, 0.4) is 0 Å². The van der Waals surface area contributed by atoms with E-state index in [0.717, 1.165) is 32.8 Å². The van der Waals surface area contributed by atoms with Crippen LogP contribution in [0, 0.1) is 0 Å². The van der Waals surface area contributed by atoms with Crippen LogP contribution in [0.4, 0.5) is 0 Å². The topological polar surface area (TPSA) is 38.5 Å². The quantitative estimate of drug-likeness (QED) is 0.608. The number of hydrogen-bond donors (Lipinski definition) is 1. The fraction of sp³-hybridized carbons (Fsp3) is 1.00. The Bertz CT molecular complexity index is 121. The Labute approximate surface area is 82.2 Å². The Morgan fingerprint density at radius 1 is 1.31 bits per heavy atom. The van der Waals surface area contributed by atoms with Crippen LogP contribution in [0.15, 0.2) is 0 Å². The van der Waals surface area contributed by atoms with Crippen molar-refractivity contribution < 1.29 is 4.74 Å². The Balaban J connectivity index is 3.63. The molecule has 0 atom stereocenters. The van der Waals surface area contributed by atoms with Crippen LogP contribution in [-0.2, 0) is 4.74 Å². The second-order valence-corrected chi connectivity index (χ2v) is 4.05. The first-order chi connectivity index (χ1) is 5.99. The highest BCUT2D eigenvalue weighted by atomic mass is 16.5. The highest BCUT2D eigenvalue weighted by Gasteiger charge is 2.14. The minimum absolute atomic E-state index is 0.109. The average Bonchev–Trinajstić information content (AvgIpc) is 2.01. The molecule has 0 rings (SSSR count). The molecule has 0 spiro atoms. The van der Waals surface area contributed by atoms with Crippen molar-refractivity contribution in [1.82, 2.24) is 4.90 Å². The lowest BCUT2D eigenvalue weighted by Gasteiger charge is -2.28. The third-order valence-electron chi connectivity index (χ3n) is 1.83. The lowest BCUT2D eigenvalue weighted by Crippen LogP contribution is -2.46. The maximum Gasteiger partial charge on any atom is 0.0593 e. The van der Waals surface area contributed by atoms with E-state index in [1.165, 1.54) is 0 Å². The van der Waals surface area contributed by atoms with Gasteiger partial charge in [0.2, 0.25) is 0 Å². The summed E-state index contributed by atoms with van der Waals surface area (Å²) in [6.07, 6.45) is 0. The molecule has 0 radical (unpaired) electrons. The second-order valence-electron chi connectivity index (χ2n) is 4.05. The summed E-state index contributed by atoms with van der Waals surface area (Å²) < 4.78 is 5.30.